The van der Waals surface area contributed by atoms with Crippen molar-refractivity contribution < 1.29 is 9.28 Å². The van der Waals surface area contributed by atoms with Crippen molar-refractivity contribution in [2.24, 2.45) is 4.99 Å². The number of carbonyl (C=O) groups excluding carboxylic acids is 1. The third-order valence-electron chi connectivity index (χ3n) is 6.37. The smallest absolute Gasteiger partial charge is 0.195 e. The second kappa shape index (κ2) is 15.2. The first-order valence-electron chi connectivity index (χ1n) is 12.0. The second-order valence-corrected chi connectivity index (χ2v) is 8.67. The van der Waals surface area contributed by atoms with E-state index in [0.717, 1.165) is 43.4 Å². The van der Waals surface area contributed by atoms with Crippen LogP contribution in [0.25, 0.3) is 0 Å². The fourth-order valence-corrected chi connectivity index (χ4v) is 4.31. The number of carbonyl (C=O) groups is 1. The number of aliphatic imine (C=N–C) groups is 1. The number of hydrogen-bond donors (Lipinski definition) is 0. The Hall–Kier alpha value is -0.700. The van der Waals surface area contributed by atoms with Gasteiger partial charge < -0.3 is 0 Å². The Kier molecular flexibility index (Phi) is 13.7. The van der Waals surface area contributed by atoms with Crippen molar-refractivity contribution in [3.05, 3.63) is 0 Å². The zero-order valence-electron chi connectivity index (χ0n) is 18.7. The van der Waals surface area contributed by atoms with Gasteiger partial charge in [-0.3, -0.25) is 9.28 Å². The van der Waals surface area contributed by atoms with Crippen LogP contribution in [-0.4, -0.2) is 42.3 Å². The lowest BCUT2D eigenvalue weighted by molar-refractivity contribution is -0.835. The summed E-state index contributed by atoms with van der Waals surface area (Å²) in [5.41, 5.74) is 0. The number of ketones is 1. The van der Waals surface area contributed by atoms with E-state index < -0.39 is 0 Å². The Morgan fingerprint density at radius 1 is 0.778 bits per heavy atom. The molecule has 0 N–H and O–H groups in total. The van der Waals surface area contributed by atoms with E-state index in [1.165, 1.54) is 89.4 Å². The molecule has 0 aliphatic carbocycles. The average Bonchev–Trinajstić information content (AvgIpc) is 3.03. The van der Waals surface area contributed by atoms with Crippen LogP contribution in [0.2, 0.25) is 0 Å². The quantitative estimate of drug-likeness (QED) is 0.192. The first-order valence-corrected chi connectivity index (χ1v) is 12.0. The van der Waals surface area contributed by atoms with E-state index in [2.05, 4.69) is 25.8 Å². The van der Waals surface area contributed by atoms with E-state index in [1.807, 2.05) is 0 Å². The number of Topliss-reactive ketones (excluding diaryl/α,β-unsaturated/α-hetero) is 1. The van der Waals surface area contributed by atoms with Gasteiger partial charge in [-0.25, -0.2) is 4.99 Å². The summed E-state index contributed by atoms with van der Waals surface area (Å²) in [5, 5.41) is 0. The molecular weight excluding hydrogens is 332 g/mol. The van der Waals surface area contributed by atoms with Gasteiger partial charge in [0, 0.05) is 13.3 Å². The second-order valence-electron chi connectivity index (χ2n) is 8.67. The summed E-state index contributed by atoms with van der Waals surface area (Å²) in [5.74, 6) is 1.74. The molecule has 0 aromatic carbocycles. The van der Waals surface area contributed by atoms with Gasteiger partial charge in [0.2, 0.25) is 0 Å². The van der Waals surface area contributed by atoms with Crippen molar-refractivity contribution in [3.63, 3.8) is 0 Å². The maximum atomic E-state index is 12.4. The molecule has 1 aliphatic heterocycles. The fourth-order valence-electron chi connectivity index (χ4n) is 4.31. The Bertz CT molecular complexity index is 419. The predicted molar refractivity (Wildman–Crippen MR) is 118 cm³/mol. The molecule has 0 radical (unpaired) electrons. The molecule has 0 bridgehead atoms. The summed E-state index contributed by atoms with van der Waals surface area (Å²) in [6.45, 7) is 10.9. The van der Waals surface area contributed by atoms with E-state index in [-0.39, 0.29) is 0 Å². The first kappa shape index (κ1) is 24.3. The highest BCUT2D eigenvalue weighted by Gasteiger charge is 2.34. The van der Waals surface area contributed by atoms with E-state index in [9.17, 15) is 4.79 Å². The molecule has 27 heavy (non-hydrogen) atoms. The number of quaternary nitrogens is 1. The van der Waals surface area contributed by atoms with Gasteiger partial charge in [-0.1, -0.05) is 78.1 Å². The van der Waals surface area contributed by atoms with Crippen LogP contribution in [0.4, 0.5) is 0 Å². The molecule has 0 amide bonds. The van der Waals surface area contributed by atoms with E-state index in [1.54, 1.807) is 0 Å². The zero-order chi connectivity index (χ0) is 19.8. The van der Waals surface area contributed by atoms with E-state index >= 15 is 0 Å². The lowest BCUT2D eigenvalue weighted by Crippen LogP contribution is -2.51. The normalized spacial score (nSPS) is 19.4. The molecule has 1 rings (SSSR count). The summed E-state index contributed by atoms with van der Waals surface area (Å²) >= 11 is 0. The number of hydrogen-bond acceptors (Lipinski definition) is 2. The molecule has 0 saturated carbocycles. The fraction of sp³-hybridized carbons (Fsp3) is 0.917. The van der Waals surface area contributed by atoms with Crippen LogP contribution in [0.5, 0.6) is 0 Å². The number of unbranched alkanes of at least 4 members (excludes halogenated alkanes) is 11. The minimum atomic E-state index is 0.476. The molecule has 3 nitrogen and oxygen atoms in total. The van der Waals surface area contributed by atoms with Gasteiger partial charge in [-0.2, -0.15) is 0 Å². The van der Waals surface area contributed by atoms with E-state index in [0.29, 0.717) is 5.78 Å². The Balaban J connectivity index is 2.14. The lowest BCUT2D eigenvalue weighted by atomic mass is 10.0. The predicted octanol–water partition coefficient (Wildman–Crippen LogP) is 6.70. The van der Waals surface area contributed by atoms with Crippen molar-refractivity contribution in [2.75, 3.05) is 26.2 Å². The average molecular weight is 380 g/mol. The van der Waals surface area contributed by atoms with Gasteiger partial charge in [0.25, 0.3) is 0 Å². The maximum Gasteiger partial charge on any atom is 0.195 e. The molecule has 0 spiro atoms. The van der Waals surface area contributed by atoms with Crippen molar-refractivity contribution >= 4 is 11.6 Å². The molecule has 1 heterocycles. The topological polar surface area (TPSA) is 29.4 Å². The summed E-state index contributed by atoms with van der Waals surface area (Å²) in [6, 6.07) is 0. The van der Waals surface area contributed by atoms with Crippen LogP contribution in [0.3, 0.4) is 0 Å². The van der Waals surface area contributed by atoms with Crippen LogP contribution < -0.4 is 0 Å². The molecule has 3 heteroatoms. The largest absolute Gasteiger partial charge is 0.299 e. The molecule has 158 valence electrons. The van der Waals surface area contributed by atoms with Crippen LogP contribution in [0.1, 0.15) is 117 Å². The van der Waals surface area contributed by atoms with Gasteiger partial charge in [0.15, 0.2) is 5.84 Å². The Morgan fingerprint density at radius 2 is 1.33 bits per heavy atom. The Morgan fingerprint density at radius 3 is 1.89 bits per heavy atom. The highest BCUT2D eigenvalue weighted by Crippen LogP contribution is 2.19. The van der Waals surface area contributed by atoms with Gasteiger partial charge in [0.1, 0.15) is 12.3 Å². The molecule has 1 unspecified atom stereocenters. The SMILES string of the molecule is CCCCCCCCCCCC(=O)CC[N+]1(CCCCCC)CCN=C1C. The van der Waals surface area contributed by atoms with E-state index in [4.69, 9.17) is 0 Å². The summed E-state index contributed by atoms with van der Waals surface area (Å²) < 4.78 is 0.993. The van der Waals surface area contributed by atoms with Crippen LogP contribution in [-0.2, 0) is 4.79 Å². The van der Waals surface area contributed by atoms with Gasteiger partial charge in [-0.15, -0.1) is 0 Å². The number of nitrogens with zero attached hydrogens (tertiary/aromatic N) is 2. The standard InChI is InChI=1S/C24H47N2O/c1-4-6-8-10-11-12-13-14-15-17-24(27)18-21-26(20-16-9-7-5-2)22-19-25-23(26)3/h4-22H2,1-3H3/q+1. The van der Waals surface area contributed by atoms with Gasteiger partial charge in [0.05, 0.1) is 26.1 Å². The van der Waals surface area contributed by atoms with Gasteiger partial charge >= 0.3 is 0 Å². The van der Waals surface area contributed by atoms with Crippen LogP contribution in [0, 0.1) is 0 Å². The lowest BCUT2D eigenvalue weighted by Gasteiger charge is -2.33. The summed E-state index contributed by atoms with van der Waals surface area (Å²) in [6.07, 6.45) is 18.6. The molecule has 1 aliphatic rings. The first-order chi connectivity index (χ1) is 13.1. The van der Waals surface area contributed by atoms with Crippen molar-refractivity contribution in [2.45, 2.75) is 117 Å². The van der Waals surface area contributed by atoms with Gasteiger partial charge in [-0.05, 0) is 19.3 Å². The molecule has 0 aromatic heterocycles. The monoisotopic (exact) mass is 379 g/mol. The highest BCUT2D eigenvalue weighted by molar-refractivity contribution is 5.79. The molecule has 0 aromatic rings. The van der Waals surface area contributed by atoms with Crippen LogP contribution in [0.15, 0.2) is 4.99 Å². The number of rotatable bonds is 18. The Labute approximate surface area is 169 Å². The molecule has 1 atom stereocenters. The van der Waals surface area contributed by atoms with Crippen LogP contribution >= 0.6 is 0 Å². The third kappa shape index (κ3) is 10.4. The highest BCUT2D eigenvalue weighted by atomic mass is 16.1. The third-order valence-corrected chi connectivity index (χ3v) is 6.37. The minimum absolute atomic E-state index is 0.476. The summed E-state index contributed by atoms with van der Waals surface area (Å²) in [7, 11) is 0. The zero-order valence-corrected chi connectivity index (χ0v) is 18.7. The minimum Gasteiger partial charge on any atom is -0.299 e. The van der Waals surface area contributed by atoms with Crippen molar-refractivity contribution in [1.29, 1.82) is 0 Å². The molecule has 0 fully saturated rings. The maximum absolute atomic E-state index is 12.4. The molecule has 0 saturated heterocycles. The summed E-state index contributed by atoms with van der Waals surface area (Å²) in [4.78, 5) is 17.0. The molecular formula is C24H47N2O+. The number of amidine groups is 1. The van der Waals surface area contributed by atoms with Crippen molar-refractivity contribution in [3.8, 4) is 0 Å². The van der Waals surface area contributed by atoms with Crippen molar-refractivity contribution in [1.82, 2.24) is 0 Å².